The molecule has 1 unspecified atom stereocenters. The van der Waals surface area contributed by atoms with Gasteiger partial charge in [-0.15, -0.1) is 0 Å². The number of hydrogen-bond acceptors (Lipinski definition) is 7. The number of rotatable bonds is 3. The molecule has 29 heavy (non-hydrogen) atoms. The summed E-state index contributed by atoms with van der Waals surface area (Å²) in [7, 11) is -2.47. The van der Waals surface area contributed by atoms with E-state index in [1.54, 1.807) is 12.1 Å². The molecule has 3 aliphatic rings. The predicted octanol–water partition coefficient (Wildman–Crippen LogP) is 0.310. The molecule has 0 radical (unpaired) electrons. The molecule has 3 saturated heterocycles. The molecule has 8 nitrogen and oxygen atoms in total. The van der Waals surface area contributed by atoms with Crippen LogP contribution in [0.2, 0.25) is 0 Å². The molecule has 4 rings (SSSR count). The van der Waals surface area contributed by atoms with Crippen LogP contribution in [0.1, 0.15) is 11.6 Å². The van der Waals surface area contributed by atoms with E-state index in [0.717, 1.165) is 25.2 Å². The second-order valence-electron chi connectivity index (χ2n) is 6.95. The van der Waals surface area contributed by atoms with Crippen molar-refractivity contribution in [2.75, 3.05) is 44.4 Å². The number of carbonyl (C=O) groups excluding carboxylic acids is 3. The second kappa shape index (κ2) is 8.02. The lowest BCUT2D eigenvalue weighted by atomic mass is 10.0. The van der Waals surface area contributed by atoms with Gasteiger partial charge in [0.1, 0.15) is 17.4 Å². The lowest BCUT2D eigenvalue weighted by Crippen LogP contribution is -2.46. The molecular formula is C19H20FN3O5S. The third-order valence-corrected chi connectivity index (χ3v) is 7.26. The molecule has 3 fully saturated rings. The van der Waals surface area contributed by atoms with Crippen molar-refractivity contribution in [2.24, 2.45) is 0 Å². The van der Waals surface area contributed by atoms with Gasteiger partial charge in [0.15, 0.2) is 0 Å². The summed E-state index contributed by atoms with van der Waals surface area (Å²) in [6, 6.07) is 6.56. The van der Waals surface area contributed by atoms with E-state index < -0.39 is 22.5 Å². The van der Waals surface area contributed by atoms with Crippen LogP contribution in [0.4, 0.5) is 4.39 Å². The Morgan fingerprint density at radius 2 is 1.79 bits per heavy atom. The summed E-state index contributed by atoms with van der Waals surface area (Å²) in [5.74, 6) is 3.45. The van der Waals surface area contributed by atoms with Crippen molar-refractivity contribution in [1.82, 2.24) is 15.1 Å². The molecule has 0 saturated carbocycles. The highest BCUT2D eigenvalue weighted by molar-refractivity contribution is 8.27. The van der Waals surface area contributed by atoms with Gasteiger partial charge in [-0.1, -0.05) is 34.6 Å². The van der Waals surface area contributed by atoms with Gasteiger partial charge in [0.05, 0.1) is 13.1 Å². The highest BCUT2D eigenvalue weighted by Crippen LogP contribution is 2.57. The molecule has 1 aromatic rings. The zero-order valence-corrected chi connectivity index (χ0v) is 16.4. The van der Waals surface area contributed by atoms with Gasteiger partial charge >= 0.3 is 11.9 Å². The maximum atomic E-state index is 13.2. The van der Waals surface area contributed by atoms with Crippen LogP contribution in [0, 0.1) is 17.7 Å². The highest BCUT2D eigenvalue weighted by Gasteiger charge is 2.49. The summed E-state index contributed by atoms with van der Waals surface area (Å²) in [4.78, 5) is 38.4. The molecule has 1 amide bonds. The third kappa shape index (κ3) is 4.22. The van der Waals surface area contributed by atoms with Gasteiger partial charge in [-0.05, 0) is 17.7 Å². The Bertz CT molecular complexity index is 881. The summed E-state index contributed by atoms with van der Waals surface area (Å²) >= 11 is 0. The smallest absolute Gasteiger partial charge is 0.332 e. The Morgan fingerprint density at radius 1 is 1.10 bits per heavy atom. The molecule has 3 aliphatic heterocycles. The fraction of sp³-hybridized carbons (Fsp3) is 0.421. The minimum atomic E-state index is -2.47. The van der Waals surface area contributed by atoms with Crippen molar-refractivity contribution >= 4 is 28.4 Å². The summed E-state index contributed by atoms with van der Waals surface area (Å²) < 4.78 is 23.2. The van der Waals surface area contributed by atoms with Crippen LogP contribution in [0.25, 0.3) is 0 Å². The number of amides is 1. The molecular weight excluding hydrogens is 401 g/mol. The number of hydrogen-bond donors (Lipinski definition) is 1. The first-order valence-electron chi connectivity index (χ1n) is 9.15. The largest absolute Gasteiger partial charge is 0.441 e. The van der Waals surface area contributed by atoms with Crippen LogP contribution in [0.5, 0.6) is 0 Å². The minimum Gasteiger partial charge on any atom is -0.332 e. The highest BCUT2D eigenvalue weighted by atomic mass is 32.3. The normalized spacial score (nSPS) is 24.8. The zero-order chi connectivity index (χ0) is 20.4. The fourth-order valence-electron chi connectivity index (χ4n) is 3.50. The van der Waals surface area contributed by atoms with Crippen molar-refractivity contribution in [3.63, 3.8) is 0 Å². The van der Waals surface area contributed by atoms with Gasteiger partial charge in [-0.25, -0.2) is 14.0 Å². The summed E-state index contributed by atoms with van der Waals surface area (Å²) in [5, 5.41) is 3.34. The van der Waals surface area contributed by atoms with Crippen molar-refractivity contribution in [1.29, 1.82) is 0 Å². The molecule has 0 aromatic heterocycles. The number of carbonyl (C=O) groups is 3. The van der Waals surface area contributed by atoms with Crippen molar-refractivity contribution in [3.05, 3.63) is 35.6 Å². The number of piperazine rings is 1. The van der Waals surface area contributed by atoms with Crippen molar-refractivity contribution in [2.45, 2.75) is 6.04 Å². The lowest BCUT2D eigenvalue weighted by molar-refractivity contribution is -0.150. The Hall–Kier alpha value is -2.61. The lowest BCUT2D eigenvalue weighted by Gasteiger charge is -2.35. The van der Waals surface area contributed by atoms with E-state index >= 15 is 0 Å². The fourth-order valence-corrected chi connectivity index (χ4v) is 5.80. The Morgan fingerprint density at radius 3 is 2.52 bits per heavy atom. The predicted molar refractivity (Wildman–Crippen MR) is 103 cm³/mol. The molecule has 154 valence electrons. The van der Waals surface area contributed by atoms with Crippen molar-refractivity contribution < 1.29 is 27.1 Å². The summed E-state index contributed by atoms with van der Waals surface area (Å²) in [5.41, 5.74) is 1.02. The first kappa shape index (κ1) is 19.7. The SMILES string of the molecule is O=C1OS2(CC(=O)N(CC#CCN3CCNCC3c3ccc(F)cc3)C2)OC1=O. The Kier molecular flexibility index (Phi) is 5.45. The van der Waals surface area contributed by atoms with Gasteiger partial charge in [0, 0.05) is 25.7 Å². The van der Waals surface area contributed by atoms with E-state index in [9.17, 15) is 18.8 Å². The molecule has 1 N–H and O–H groups in total. The third-order valence-electron chi connectivity index (χ3n) is 4.96. The Labute approximate surface area is 169 Å². The standard InChI is InChI=1S/C19H20FN3O5S/c20-15-5-3-14(4-6-15)16-11-21-7-10-22(16)8-1-2-9-23-13-29(12-17(23)24)27-18(25)19(26)28-29/h3-6,16,21H,7-13H2. The van der Waals surface area contributed by atoms with Crippen LogP contribution in [-0.2, 0) is 22.7 Å². The van der Waals surface area contributed by atoms with E-state index in [1.807, 2.05) is 0 Å². The van der Waals surface area contributed by atoms with Crippen molar-refractivity contribution in [3.8, 4) is 11.8 Å². The van der Waals surface area contributed by atoms with Gasteiger partial charge in [0.2, 0.25) is 5.91 Å². The number of nitrogens with one attached hydrogen (secondary N) is 1. The van der Waals surface area contributed by atoms with E-state index in [4.69, 9.17) is 8.37 Å². The molecule has 0 bridgehead atoms. The average Bonchev–Trinajstić information content (AvgIpc) is 3.15. The first-order chi connectivity index (χ1) is 14.0. The monoisotopic (exact) mass is 421 g/mol. The maximum Gasteiger partial charge on any atom is 0.441 e. The van der Waals surface area contributed by atoms with Gasteiger partial charge in [-0.3, -0.25) is 9.69 Å². The maximum absolute atomic E-state index is 13.2. The van der Waals surface area contributed by atoms with Gasteiger partial charge < -0.3 is 18.6 Å². The van der Waals surface area contributed by atoms with E-state index in [2.05, 4.69) is 22.1 Å². The second-order valence-corrected chi connectivity index (χ2v) is 9.31. The zero-order valence-electron chi connectivity index (χ0n) is 15.6. The molecule has 0 aliphatic carbocycles. The average molecular weight is 421 g/mol. The minimum absolute atomic E-state index is 0.0732. The number of halogens is 1. The van der Waals surface area contributed by atoms with E-state index in [0.29, 0.717) is 6.54 Å². The first-order valence-corrected chi connectivity index (χ1v) is 11.0. The molecule has 1 aromatic carbocycles. The molecule has 1 atom stereocenters. The number of benzene rings is 1. The van der Waals surface area contributed by atoms with Crippen LogP contribution in [0.15, 0.2) is 24.3 Å². The summed E-state index contributed by atoms with van der Waals surface area (Å²) in [6.07, 6.45) is 0. The Balaban J connectivity index is 1.34. The van der Waals surface area contributed by atoms with Gasteiger partial charge in [-0.2, -0.15) is 0 Å². The summed E-state index contributed by atoms with van der Waals surface area (Å²) in [6.45, 7) is 3.08. The van der Waals surface area contributed by atoms with Crippen LogP contribution in [0.3, 0.4) is 0 Å². The van der Waals surface area contributed by atoms with Crippen LogP contribution >= 0.6 is 10.6 Å². The van der Waals surface area contributed by atoms with Gasteiger partial charge in [0.25, 0.3) is 0 Å². The quantitative estimate of drug-likeness (QED) is 0.555. The van der Waals surface area contributed by atoms with E-state index in [-0.39, 0.29) is 35.9 Å². The van der Waals surface area contributed by atoms with E-state index in [1.165, 1.54) is 17.0 Å². The molecule has 3 heterocycles. The topological polar surface area (TPSA) is 88.2 Å². The molecule has 10 heteroatoms. The number of nitrogens with zero attached hydrogens (tertiary/aromatic N) is 2. The van der Waals surface area contributed by atoms with Crippen LogP contribution < -0.4 is 5.32 Å². The van der Waals surface area contributed by atoms with Crippen LogP contribution in [-0.4, -0.2) is 72.0 Å². The molecule has 1 spiro atoms.